The highest BCUT2D eigenvalue weighted by molar-refractivity contribution is 6.25. The second-order valence-electron chi connectivity index (χ2n) is 4.94. The number of hydrogen-bond acceptors (Lipinski definition) is 4. The second kappa shape index (κ2) is 3.48. The lowest BCUT2D eigenvalue weighted by molar-refractivity contribution is -0.122. The number of amides is 2. The molecule has 0 saturated carbocycles. The van der Waals surface area contributed by atoms with Gasteiger partial charge in [-0.05, 0) is 26.0 Å². The Balaban J connectivity index is 2.04. The first-order valence-electron chi connectivity index (χ1n) is 5.88. The molecule has 18 heavy (non-hydrogen) atoms. The lowest BCUT2D eigenvalue weighted by Crippen LogP contribution is -2.37. The van der Waals surface area contributed by atoms with Gasteiger partial charge in [-0.25, -0.2) is 4.90 Å². The van der Waals surface area contributed by atoms with Crippen LogP contribution in [0, 0.1) is 12.8 Å². The molecule has 0 aromatic heterocycles. The summed E-state index contributed by atoms with van der Waals surface area (Å²) in [6, 6.07) is 7.33. The van der Waals surface area contributed by atoms with Gasteiger partial charge < -0.3 is 0 Å². The number of rotatable bonds is 1. The number of carbonyl (C=O) groups is 2. The Morgan fingerprint density at radius 1 is 1.28 bits per heavy atom. The predicted molar refractivity (Wildman–Crippen MR) is 65.3 cm³/mol. The SMILES string of the molecule is Cc1ccc(N2C(=O)[C@H]3CN=N[C@@]3(C)C2=O)cc1. The number of fused-ring (bicyclic) bond motifs is 1. The van der Waals surface area contributed by atoms with E-state index in [-0.39, 0.29) is 11.8 Å². The Morgan fingerprint density at radius 3 is 2.56 bits per heavy atom. The van der Waals surface area contributed by atoms with Crippen molar-refractivity contribution in [2.45, 2.75) is 19.4 Å². The summed E-state index contributed by atoms with van der Waals surface area (Å²) in [5, 5.41) is 7.81. The minimum atomic E-state index is -0.998. The van der Waals surface area contributed by atoms with Crippen molar-refractivity contribution in [2.24, 2.45) is 16.1 Å². The summed E-state index contributed by atoms with van der Waals surface area (Å²) < 4.78 is 0. The summed E-state index contributed by atoms with van der Waals surface area (Å²) in [6.07, 6.45) is 0. The predicted octanol–water partition coefficient (Wildman–Crippen LogP) is 1.71. The van der Waals surface area contributed by atoms with Crippen LogP contribution < -0.4 is 4.90 Å². The molecular formula is C13H13N3O2. The van der Waals surface area contributed by atoms with Crippen LogP contribution in [0.3, 0.4) is 0 Å². The third kappa shape index (κ3) is 1.27. The van der Waals surface area contributed by atoms with Crippen molar-refractivity contribution in [2.75, 3.05) is 11.4 Å². The van der Waals surface area contributed by atoms with Gasteiger partial charge in [-0.2, -0.15) is 10.2 Å². The molecule has 0 spiro atoms. The first-order valence-corrected chi connectivity index (χ1v) is 5.88. The van der Waals surface area contributed by atoms with Crippen LogP contribution in [0.15, 0.2) is 34.5 Å². The van der Waals surface area contributed by atoms with Crippen LogP contribution in [-0.2, 0) is 9.59 Å². The Kier molecular flexibility index (Phi) is 2.14. The Bertz CT molecular complexity index is 564. The largest absolute Gasteiger partial charge is 0.274 e. The van der Waals surface area contributed by atoms with E-state index in [1.54, 1.807) is 19.1 Å². The lowest BCUT2D eigenvalue weighted by atomic mass is 9.90. The van der Waals surface area contributed by atoms with Crippen molar-refractivity contribution in [3.8, 4) is 0 Å². The van der Waals surface area contributed by atoms with Gasteiger partial charge in [-0.3, -0.25) is 9.59 Å². The van der Waals surface area contributed by atoms with Gasteiger partial charge in [0.1, 0.15) is 0 Å². The average molecular weight is 243 g/mol. The summed E-state index contributed by atoms with van der Waals surface area (Å²) >= 11 is 0. The topological polar surface area (TPSA) is 62.1 Å². The summed E-state index contributed by atoms with van der Waals surface area (Å²) in [5.41, 5.74) is 0.701. The molecule has 1 fully saturated rings. The number of aryl methyl sites for hydroxylation is 1. The van der Waals surface area contributed by atoms with Crippen molar-refractivity contribution >= 4 is 17.5 Å². The first-order chi connectivity index (χ1) is 8.54. The molecule has 2 amide bonds. The second-order valence-corrected chi connectivity index (χ2v) is 4.94. The van der Waals surface area contributed by atoms with E-state index < -0.39 is 11.5 Å². The zero-order valence-corrected chi connectivity index (χ0v) is 10.3. The highest BCUT2D eigenvalue weighted by Crippen LogP contribution is 2.40. The van der Waals surface area contributed by atoms with Crippen LogP contribution >= 0.6 is 0 Å². The molecule has 92 valence electrons. The van der Waals surface area contributed by atoms with E-state index in [0.29, 0.717) is 12.2 Å². The average Bonchev–Trinajstić information content (AvgIpc) is 2.81. The molecule has 2 aliphatic heterocycles. The van der Waals surface area contributed by atoms with Gasteiger partial charge in [-0.1, -0.05) is 17.7 Å². The maximum atomic E-state index is 12.4. The monoisotopic (exact) mass is 243 g/mol. The fraction of sp³-hybridized carbons (Fsp3) is 0.385. The fourth-order valence-corrected chi connectivity index (χ4v) is 2.45. The third-order valence-corrected chi connectivity index (χ3v) is 3.67. The normalized spacial score (nSPS) is 30.1. The van der Waals surface area contributed by atoms with E-state index in [0.717, 1.165) is 5.56 Å². The number of nitrogens with zero attached hydrogens (tertiary/aromatic N) is 3. The van der Waals surface area contributed by atoms with Gasteiger partial charge in [0.25, 0.3) is 5.91 Å². The molecular weight excluding hydrogens is 230 g/mol. The molecule has 1 aromatic rings. The lowest BCUT2D eigenvalue weighted by Gasteiger charge is -2.16. The minimum Gasteiger partial charge on any atom is -0.274 e. The molecule has 2 heterocycles. The molecule has 1 aromatic carbocycles. The minimum absolute atomic E-state index is 0.198. The van der Waals surface area contributed by atoms with Gasteiger partial charge in [0.05, 0.1) is 18.2 Å². The van der Waals surface area contributed by atoms with Crippen LogP contribution in [0.2, 0.25) is 0 Å². The van der Waals surface area contributed by atoms with E-state index in [2.05, 4.69) is 10.2 Å². The third-order valence-electron chi connectivity index (χ3n) is 3.67. The number of azo groups is 1. The van der Waals surface area contributed by atoms with Gasteiger partial charge in [0.2, 0.25) is 5.91 Å². The summed E-state index contributed by atoms with van der Waals surface area (Å²) in [5.74, 6) is -0.912. The van der Waals surface area contributed by atoms with E-state index in [4.69, 9.17) is 0 Å². The van der Waals surface area contributed by atoms with Crippen LogP contribution in [0.4, 0.5) is 5.69 Å². The Labute approximate surface area is 105 Å². The van der Waals surface area contributed by atoms with Gasteiger partial charge in [0.15, 0.2) is 5.54 Å². The van der Waals surface area contributed by atoms with Gasteiger partial charge in [-0.15, -0.1) is 0 Å². The smallest absolute Gasteiger partial charge is 0.264 e. The number of benzene rings is 1. The molecule has 1 saturated heterocycles. The summed E-state index contributed by atoms with van der Waals surface area (Å²) in [4.78, 5) is 25.9. The molecule has 5 nitrogen and oxygen atoms in total. The first kappa shape index (κ1) is 11.1. The van der Waals surface area contributed by atoms with Crippen molar-refractivity contribution in [3.05, 3.63) is 29.8 Å². The summed E-state index contributed by atoms with van der Waals surface area (Å²) in [6.45, 7) is 3.95. The molecule has 0 aliphatic carbocycles. The molecule has 0 N–H and O–H groups in total. The standard InChI is InChI=1S/C13H13N3O2/c1-8-3-5-9(6-4-8)16-11(17)10-7-14-15-13(10,2)12(16)18/h3-6,10H,7H2,1-2H3/t10-,13-/m1/s1. The number of imide groups is 1. The Morgan fingerprint density at radius 2 is 1.94 bits per heavy atom. The van der Waals surface area contributed by atoms with E-state index >= 15 is 0 Å². The molecule has 2 atom stereocenters. The van der Waals surface area contributed by atoms with Crippen molar-refractivity contribution < 1.29 is 9.59 Å². The van der Waals surface area contributed by atoms with Crippen LogP contribution in [-0.4, -0.2) is 23.9 Å². The highest BCUT2D eigenvalue weighted by atomic mass is 16.2. The molecule has 0 bridgehead atoms. The molecule has 0 radical (unpaired) electrons. The molecule has 0 unspecified atom stereocenters. The molecule has 2 aliphatic rings. The number of hydrogen-bond donors (Lipinski definition) is 0. The van der Waals surface area contributed by atoms with E-state index in [1.807, 2.05) is 19.1 Å². The van der Waals surface area contributed by atoms with E-state index in [1.165, 1.54) is 4.90 Å². The fourth-order valence-electron chi connectivity index (χ4n) is 2.45. The van der Waals surface area contributed by atoms with E-state index in [9.17, 15) is 9.59 Å². The van der Waals surface area contributed by atoms with Crippen molar-refractivity contribution in [1.29, 1.82) is 0 Å². The van der Waals surface area contributed by atoms with Crippen molar-refractivity contribution in [3.63, 3.8) is 0 Å². The quantitative estimate of drug-likeness (QED) is 0.705. The molecule has 5 heteroatoms. The number of anilines is 1. The van der Waals surface area contributed by atoms with Crippen molar-refractivity contribution in [1.82, 2.24) is 0 Å². The highest BCUT2D eigenvalue weighted by Gasteiger charge is 2.59. The van der Waals surface area contributed by atoms with Crippen LogP contribution in [0.1, 0.15) is 12.5 Å². The maximum Gasteiger partial charge on any atom is 0.264 e. The number of carbonyl (C=O) groups excluding carboxylic acids is 2. The Hall–Kier alpha value is -2.04. The van der Waals surface area contributed by atoms with Gasteiger partial charge in [0, 0.05) is 0 Å². The maximum absolute atomic E-state index is 12.4. The zero-order chi connectivity index (χ0) is 12.9. The van der Waals surface area contributed by atoms with Crippen LogP contribution in [0.25, 0.3) is 0 Å². The van der Waals surface area contributed by atoms with Crippen LogP contribution in [0.5, 0.6) is 0 Å². The molecule has 3 rings (SSSR count). The summed E-state index contributed by atoms with van der Waals surface area (Å²) in [7, 11) is 0. The van der Waals surface area contributed by atoms with Gasteiger partial charge >= 0.3 is 0 Å². The zero-order valence-electron chi connectivity index (χ0n) is 10.3.